The van der Waals surface area contributed by atoms with Crippen LogP contribution in [0.1, 0.15) is 23.9 Å². The second-order valence-electron chi connectivity index (χ2n) is 6.37. The van der Waals surface area contributed by atoms with E-state index >= 15 is 0 Å². The maximum absolute atomic E-state index is 13.4. The zero-order chi connectivity index (χ0) is 18.8. The number of hydrogen-bond acceptors (Lipinski definition) is 2. The zero-order valence-corrected chi connectivity index (χ0v) is 15.3. The van der Waals surface area contributed by atoms with Crippen LogP contribution in [0.3, 0.4) is 0 Å². The number of para-hydroxylation sites is 1. The molecule has 0 fully saturated rings. The van der Waals surface area contributed by atoms with Crippen LogP contribution in [0.5, 0.6) is 0 Å². The average Bonchev–Trinajstić information content (AvgIpc) is 3.11. The van der Waals surface area contributed by atoms with Crippen molar-refractivity contribution in [1.82, 2.24) is 14.1 Å². The fourth-order valence-corrected chi connectivity index (χ4v) is 3.25. The molecule has 2 heterocycles. The third-order valence-corrected chi connectivity index (χ3v) is 4.64. The molecule has 132 valence electrons. The molecule has 0 spiro atoms. The highest BCUT2D eigenvalue weighted by Crippen LogP contribution is 2.19. The second-order valence-corrected chi connectivity index (χ2v) is 6.37. The van der Waals surface area contributed by atoms with Gasteiger partial charge in [0.05, 0.1) is 17.9 Å². The third-order valence-electron chi connectivity index (χ3n) is 4.64. The van der Waals surface area contributed by atoms with Gasteiger partial charge in [-0.1, -0.05) is 43.2 Å². The van der Waals surface area contributed by atoms with Gasteiger partial charge in [-0.05, 0) is 42.0 Å². The Kier molecular flexibility index (Phi) is 4.35. The topological polar surface area (TPSA) is 39.8 Å². The number of fused-ring (bicyclic) bond motifs is 1. The molecule has 2 aromatic heterocycles. The molecule has 0 saturated carbocycles. The van der Waals surface area contributed by atoms with Crippen molar-refractivity contribution >= 4 is 10.8 Å². The van der Waals surface area contributed by atoms with Gasteiger partial charge >= 0.3 is 0 Å². The third kappa shape index (κ3) is 3.04. The standard InChI is InChI=1S/C23H19N3O/c1-3-19-14-18-9-7-8-17(12-13-21-15-24-16-25(21)2)22(18)23(27)26(19)20-10-5-4-6-11-20/h4-11,14-16H,3H2,1-2H3. The molecule has 0 bridgehead atoms. The first-order chi connectivity index (χ1) is 13.2. The summed E-state index contributed by atoms with van der Waals surface area (Å²) in [7, 11) is 1.90. The maximum atomic E-state index is 13.4. The van der Waals surface area contributed by atoms with Crippen molar-refractivity contribution < 1.29 is 0 Å². The molecule has 4 rings (SSSR count). The lowest BCUT2D eigenvalue weighted by molar-refractivity contribution is 0.889. The molecule has 4 nitrogen and oxygen atoms in total. The van der Waals surface area contributed by atoms with E-state index in [9.17, 15) is 4.79 Å². The first-order valence-electron chi connectivity index (χ1n) is 8.90. The minimum atomic E-state index is -0.0366. The Labute approximate surface area is 157 Å². The summed E-state index contributed by atoms with van der Waals surface area (Å²) in [5.74, 6) is 6.28. The van der Waals surface area contributed by atoms with Gasteiger partial charge < -0.3 is 4.57 Å². The number of benzene rings is 2. The lowest BCUT2D eigenvalue weighted by Gasteiger charge is -2.14. The van der Waals surface area contributed by atoms with Crippen molar-refractivity contribution in [2.75, 3.05) is 0 Å². The van der Waals surface area contributed by atoms with Crippen LogP contribution in [-0.2, 0) is 13.5 Å². The van der Waals surface area contributed by atoms with Gasteiger partial charge in [0.25, 0.3) is 5.56 Å². The van der Waals surface area contributed by atoms with E-state index in [-0.39, 0.29) is 5.56 Å². The van der Waals surface area contributed by atoms with Crippen LogP contribution in [-0.4, -0.2) is 14.1 Å². The van der Waals surface area contributed by atoms with E-state index in [1.165, 1.54) is 0 Å². The minimum Gasteiger partial charge on any atom is -0.327 e. The summed E-state index contributed by atoms with van der Waals surface area (Å²) in [4.78, 5) is 17.5. The fraction of sp³-hybridized carbons (Fsp3) is 0.130. The minimum absolute atomic E-state index is 0.0366. The lowest BCUT2D eigenvalue weighted by Crippen LogP contribution is -2.22. The second kappa shape index (κ2) is 6.97. The predicted molar refractivity (Wildman–Crippen MR) is 108 cm³/mol. The maximum Gasteiger partial charge on any atom is 0.264 e. The van der Waals surface area contributed by atoms with Gasteiger partial charge in [0, 0.05) is 24.0 Å². The van der Waals surface area contributed by atoms with Crippen LogP contribution in [0.2, 0.25) is 0 Å². The zero-order valence-electron chi connectivity index (χ0n) is 15.3. The van der Waals surface area contributed by atoms with E-state index in [4.69, 9.17) is 0 Å². The van der Waals surface area contributed by atoms with Crippen molar-refractivity contribution in [2.45, 2.75) is 13.3 Å². The highest BCUT2D eigenvalue weighted by Gasteiger charge is 2.12. The van der Waals surface area contributed by atoms with E-state index in [0.29, 0.717) is 5.39 Å². The van der Waals surface area contributed by atoms with E-state index in [0.717, 1.165) is 34.4 Å². The van der Waals surface area contributed by atoms with Gasteiger partial charge in [0.2, 0.25) is 0 Å². The van der Waals surface area contributed by atoms with Crippen LogP contribution < -0.4 is 5.56 Å². The molecule has 2 aromatic carbocycles. The van der Waals surface area contributed by atoms with Crippen LogP contribution in [0.25, 0.3) is 16.5 Å². The Hall–Kier alpha value is -3.58. The molecular weight excluding hydrogens is 334 g/mol. The Morgan fingerprint density at radius 1 is 1.04 bits per heavy atom. The van der Waals surface area contributed by atoms with Crippen LogP contribution in [0, 0.1) is 11.8 Å². The van der Waals surface area contributed by atoms with Crippen LogP contribution in [0.15, 0.2) is 71.9 Å². The van der Waals surface area contributed by atoms with Gasteiger partial charge in [-0.15, -0.1) is 0 Å². The molecule has 0 aliphatic carbocycles. The molecule has 0 radical (unpaired) electrons. The predicted octanol–water partition coefficient (Wildman–Crippen LogP) is 3.69. The van der Waals surface area contributed by atoms with Crippen molar-refractivity contribution in [2.24, 2.45) is 7.05 Å². The van der Waals surface area contributed by atoms with Crippen molar-refractivity contribution in [3.63, 3.8) is 0 Å². The molecule has 4 aromatic rings. The molecule has 0 N–H and O–H groups in total. The summed E-state index contributed by atoms with van der Waals surface area (Å²) < 4.78 is 3.65. The summed E-state index contributed by atoms with van der Waals surface area (Å²) >= 11 is 0. The summed E-state index contributed by atoms with van der Waals surface area (Å²) in [6.07, 6.45) is 4.20. The Balaban J connectivity index is 1.99. The molecule has 0 saturated heterocycles. The van der Waals surface area contributed by atoms with Crippen molar-refractivity contribution in [3.05, 3.63) is 94.4 Å². The van der Waals surface area contributed by atoms with Gasteiger partial charge in [-0.3, -0.25) is 9.36 Å². The summed E-state index contributed by atoms with van der Waals surface area (Å²) in [5, 5.41) is 1.56. The Morgan fingerprint density at radius 2 is 1.85 bits per heavy atom. The average molecular weight is 353 g/mol. The molecule has 0 aliphatic heterocycles. The molecule has 27 heavy (non-hydrogen) atoms. The van der Waals surface area contributed by atoms with E-state index < -0.39 is 0 Å². The number of rotatable bonds is 2. The smallest absolute Gasteiger partial charge is 0.264 e. The monoisotopic (exact) mass is 353 g/mol. The normalized spacial score (nSPS) is 10.6. The van der Waals surface area contributed by atoms with Crippen molar-refractivity contribution in [1.29, 1.82) is 0 Å². The number of nitrogens with zero attached hydrogens (tertiary/aromatic N) is 3. The first kappa shape index (κ1) is 16.9. The number of hydrogen-bond donors (Lipinski definition) is 0. The highest BCUT2D eigenvalue weighted by atomic mass is 16.1. The Bertz CT molecular complexity index is 1240. The molecule has 0 atom stereocenters. The fourth-order valence-electron chi connectivity index (χ4n) is 3.25. The first-order valence-corrected chi connectivity index (χ1v) is 8.90. The summed E-state index contributed by atoms with van der Waals surface area (Å²) in [5.41, 5.74) is 3.35. The summed E-state index contributed by atoms with van der Waals surface area (Å²) in [6, 6.07) is 17.6. The number of aryl methyl sites for hydroxylation is 2. The molecular formula is C23H19N3O. The van der Waals surface area contributed by atoms with Gasteiger partial charge in [-0.2, -0.15) is 0 Å². The number of pyridine rings is 1. The van der Waals surface area contributed by atoms with Crippen molar-refractivity contribution in [3.8, 4) is 17.5 Å². The Morgan fingerprint density at radius 3 is 2.56 bits per heavy atom. The summed E-state index contributed by atoms with van der Waals surface area (Å²) in [6.45, 7) is 2.06. The number of imidazole rings is 1. The van der Waals surface area contributed by atoms with Gasteiger partial charge in [-0.25, -0.2) is 4.98 Å². The quantitative estimate of drug-likeness (QED) is 0.516. The molecule has 0 aliphatic rings. The number of aromatic nitrogens is 3. The van der Waals surface area contributed by atoms with Gasteiger partial charge in [0.15, 0.2) is 0 Å². The molecule has 0 amide bonds. The van der Waals surface area contributed by atoms with Crippen LogP contribution >= 0.6 is 0 Å². The lowest BCUT2D eigenvalue weighted by atomic mass is 10.0. The largest absolute Gasteiger partial charge is 0.327 e. The molecule has 0 unspecified atom stereocenters. The van der Waals surface area contributed by atoms with E-state index in [2.05, 4.69) is 29.8 Å². The van der Waals surface area contributed by atoms with E-state index in [1.807, 2.05) is 60.1 Å². The SMILES string of the molecule is CCc1cc2cccc(C#Cc3cncn3C)c2c(=O)n1-c1ccccc1. The highest BCUT2D eigenvalue weighted by molar-refractivity contribution is 5.88. The molecule has 4 heteroatoms. The van der Waals surface area contributed by atoms with E-state index in [1.54, 1.807) is 17.1 Å². The van der Waals surface area contributed by atoms with Crippen LogP contribution in [0.4, 0.5) is 0 Å². The van der Waals surface area contributed by atoms with Gasteiger partial charge in [0.1, 0.15) is 5.69 Å².